The van der Waals surface area contributed by atoms with Crippen molar-refractivity contribution in [2.45, 2.75) is 182 Å². The molecular formula is C40H76NP. The molecule has 0 spiro atoms. The topological polar surface area (TPSA) is 15.8 Å². The van der Waals surface area contributed by atoms with Gasteiger partial charge >= 0.3 is 200 Å². The average molecular weight is 602 g/mol. The maximum absolute atomic E-state index is 3.12. The molecule has 0 bridgehead atoms. The molecule has 1 aromatic heterocycles. The monoisotopic (exact) mass is 602 g/mol. The molecule has 2 rings (SSSR count). The Balaban J connectivity index is 0.000000810. The van der Waals surface area contributed by atoms with Gasteiger partial charge in [0.1, 0.15) is 0 Å². The van der Waals surface area contributed by atoms with Crippen LogP contribution in [0.1, 0.15) is 182 Å². The van der Waals surface area contributed by atoms with E-state index in [2.05, 4.69) is 50.9 Å². The fourth-order valence-electron chi connectivity index (χ4n) is 6.87. The normalized spacial score (nSPS) is 12.0. The summed E-state index contributed by atoms with van der Waals surface area (Å²) in [7, 11) is -1.04. The third-order valence-corrected chi connectivity index (χ3v) is 15.4. The van der Waals surface area contributed by atoms with Gasteiger partial charge in [0, 0.05) is 11.7 Å². The summed E-state index contributed by atoms with van der Waals surface area (Å²) in [6, 6.07) is 10.3. The van der Waals surface area contributed by atoms with E-state index in [1.807, 2.05) is 18.3 Å². The van der Waals surface area contributed by atoms with Gasteiger partial charge in [-0.2, -0.15) is 0 Å². The van der Waals surface area contributed by atoms with Crippen LogP contribution in [0.2, 0.25) is 0 Å². The Hall–Kier alpha value is -0.810. The van der Waals surface area contributed by atoms with Crippen molar-refractivity contribution in [1.82, 2.24) is 4.98 Å². The van der Waals surface area contributed by atoms with Crippen molar-refractivity contribution >= 4 is 18.2 Å². The number of benzene rings is 1. The molecule has 0 radical (unpaired) electrons. The van der Waals surface area contributed by atoms with E-state index in [-0.39, 0.29) is 0 Å². The van der Waals surface area contributed by atoms with Gasteiger partial charge in [-0.1, -0.05) is 31.5 Å². The second-order valence-electron chi connectivity index (χ2n) is 13.6. The van der Waals surface area contributed by atoms with E-state index >= 15 is 0 Å². The Bertz CT molecular complexity index is 734. The molecule has 0 fully saturated rings. The quantitative estimate of drug-likeness (QED) is 0.0737. The minimum absolute atomic E-state index is 1.04. The standard InChI is InChI=1S/C32H69P.C8H7N/c1-5-9-13-17-18-19-20-21-22-23-24-28-32-33(29-25-14-10-6-2,30-26-15-11-7-3)31-27-16-12-8-4;1-2-4-8-7(3-1)5-6-9-8/h33H,5-32H2,1-4H3;1-6,9H. The van der Waals surface area contributed by atoms with Gasteiger partial charge in [0.15, 0.2) is 0 Å². The molecule has 0 unspecified atom stereocenters. The largest absolute Gasteiger partial charge is 0.361 e. The number of hydrogen-bond acceptors (Lipinski definition) is 0. The van der Waals surface area contributed by atoms with Crippen LogP contribution in [0.25, 0.3) is 10.9 Å². The van der Waals surface area contributed by atoms with Crippen molar-refractivity contribution in [3.63, 3.8) is 0 Å². The Morgan fingerprint density at radius 3 is 1.12 bits per heavy atom. The molecule has 2 heteroatoms. The van der Waals surface area contributed by atoms with E-state index in [1.54, 1.807) is 50.3 Å². The molecule has 1 N–H and O–H groups in total. The molecule has 42 heavy (non-hydrogen) atoms. The molecule has 0 aliphatic rings. The van der Waals surface area contributed by atoms with E-state index in [4.69, 9.17) is 0 Å². The maximum Gasteiger partial charge on any atom is 0.0453 e. The maximum atomic E-state index is 3.12. The molecular weight excluding hydrogens is 525 g/mol. The number of aromatic amines is 1. The smallest absolute Gasteiger partial charge is 0.0453 e. The van der Waals surface area contributed by atoms with Crippen molar-refractivity contribution in [2.24, 2.45) is 0 Å². The molecule has 1 aromatic carbocycles. The van der Waals surface area contributed by atoms with Gasteiger partial charge in [-0.25, -0.2) is 0 Å². The molecule has 0 aliphatic carbocycles. The van der Waals surface area contributed by atoms with Crippen molar-refractivity contribution in [3.05, 3.63) is 36.5 Å². The number of para-hydroxylation sites is 1. The number of rotatable bonds is 28. The number of hydrogen-bond donors (Lipinski definition) is 1. The zero-order valence-corrected chi connectivity index (χ0v) is 30.3. The first-order valence-corrected chi connectivity index (χ1v) is 22.1. The average Bonchev–Trinajstić information content (AvgIpc) is 3.50. The van der Waals surface area contributed by atoms with Crippen LogP contribution < -0.4 is 0 Å². The number of aromatic nitrogens is 1. The third-order valence-electron chi connectivity index (χ3n) is 9.71. The van der Waals surface area contributed by atoms with Crippen LogP contribution in [0.5, 0.6) is 0 Å². The predicted octanol–water partition coefficient (Wildman–Crippen LogP) is 14.3. The summed E-state index contributed by atoms with van der Waals surface area (Å²) in [5.41, 5.74) is 1.21. The van der Waals surface area contributed by atoms with E-state index < -0.39 is 7.26 Å². The third kappa shape index (κ3) is 21.0. The number of unbranched alkanes of at least 4 members (excludes halogenated alkanes) is 20. The Morgan fingerprint density at radius 1 is 0.405 bits per heavy atom. The van der Waals surface area contributed by atoms with Crippen molar-refractivity contribution in [2.75, 3.05) is 24.6 Å². The molecule has 1 nitrogen and oxygen atoms in total. The summed E-state index contributed by atoms with van der Waals surface area (Å²) in [6.07, 6.45) is 44.3. The minimum atomic E-state index is -1.04. The first kappa shape index (κ1) is 39.2. The molecule has 0 aliphatic heterocycles. The summed E-state index contributed by atoms with van der Waals surface area (Å²) < 4.78 is 0. The Labute approximate surface area is 265 Å². The molecule has 2 aromatic rings. The van der Waals surface area contributed by atoms with Gasteiger partial charge in [0.05, 0.1) is 0 Å². The van der Waals surface area contributed by atoms with Crippen molar-refractivity contribution in [3.8, 4) is 0 Å². The van der Waals surface area contributed by atoms with Gasteiger partial charge in [0.2, 0.25) is 0 Å². The summed E-state index contributed by atoms with van der Waals surface area (Å²) in [5, 5.41) is 1.28. The molecule has 0 saturated heterocycles. The summed E-state index contributed by atoms with van der Waals surface area (Å²) >= 11 is 0. The Kier molecular flexibility index (Phi) is 27.0. The molecule has 0 amide bonds. The fraction of sp³-hybridized carbons (Fsp3) is 0.800. The molecule has 246 valence electrons. The van der Waals surface area contributed by atoms with Gasteiger partial charge in [0.25, 0.3) is 0 Å². The van der Waals surface area contributed by atoms with Crippen LogP contribution in [0.3, 0.4) is 0 Å². The number of fused-ring (bicyclic) bond motifs is 1. The molecule has 0 saturated carbocycles. The van der Waals surface area contributed by atoms with E-state index in [0.717, 1.165) is 0 Å². The van der Waals surface area contributed by atoms with E-state index in [9.17, 15) is 0 Å². The second kappa shape index (κ2) is 28.9. The van der Waals surface area contributed by atoms with Gasteiger partial charge in [-0.3, -0.25) is 0 Å². The summed E-state index contributed by atoms with van der Waals surface area (Å²) in [6.45, 7) is 9.42. The summed E-state index contributed by atoms with van der Waals surface area (Å²) in [5.74, 6) is 0. The predicted molar refractivity (Wildman–Crippen MR) is 200 cm³/mol. The van der Waals surface area contributed by atoms with Crippen LogP contribution in [-0.2, 0) is 0 Å². The van der Waals surface area contributed by atoms with E-state index in [1.165, 1.54) is 139 Å². The van der Waals surface area contributed by atoms with Crippen LogP contribution in [0.15, 0.2) is 36.5 Å². The second-order valence-corrected chi connectivity index (χ2v) is 18.6. The van der Waals surface area contributed by atoms with Crippen LogP contribution in [0.4, 0.5) is 0 Å². The fourth-order valence-corrected chi connectivity index (χ4v) is 12.4. The molecule has 1 heterocycles. The Morgan fingerprint density at radius 2 is 0.738 bits per heavy atom. The first-order valence-electron chi connectivity index (χ1n) is 19.2. The number of H-pyrrole nitrogens is 1. The zero-order valence-electron chi connectivity index (χ0n) is 29.3. The zero-order chi connectivity index (χ0) is 30.4. The van der Waals surface area contributed by atoms with Crippen LogP contribution >= 0.6 is 7.26 Å². The summed E-state index contributed by atoms with van der Waals surface area (Å²) in [4.78, 5) is 3.12. The van der Waals surface area contributed by atoms with Gasteiger partial charge in [-0.15, -0.1) is 0 Å². The minimum Gasteiger partial charge on any atom is -0.361 e. The number of nitrogens with one attached hydrogen (secondary N) is 1. The SMILES string of the molecule is CCCCCCCCCCCCCC[PH](CCCCCC)(CCCCCC)CCCCCC.c1ccc2[nH]ccc2c1. The van der Waals surface area contributed by atoms with E-state index in [0.29, 0.717) is 0 Å². The first-order chi connectivity index (χ1) is 20.7. The van der Waals surface area contributed by atoms with Crippen molar-refractivity contribution < 1.29 is 0 Å². The van der Waals surface area contributed by atoms with Gasteiger partial charge < -0.3 is 4.98 Å². The molecule has 0 atom stereocenters. The van der Waals surface area contributed by atoms with Gasteiger partial charge in [-0.05, 0) is 17.5 Å². The van der Waals surface area contributed by atoms with Crippen LogP contribution in [0, 0.1) is 0 Å². The van der Waals surface area contributed by atoms with Crippen molar-refractivity contribution in [1.29, 1.82) is 0 Å². The van der Waals surface area contributed by atoms with Crippen LogP contribution in [-0.4, -0.2) is 29.6 Å².